The van der Waals surface area contributed by atoms with Crippen molar-refractivity contribution in [3.63, 3.8) is 0 Å². The first kappa shape index (κ1) is 22.5. The van der Waals surface area contributed by atoms with Crippen LogP contribution >= 0.6 is 0 Å². The largest absolute Gasteiger partial charge is 0.420 e. The Labute approximate surface area is 197 Å². The smallest absolute Gasteiger partial charge is 0.408 e. The monoisotopic (exact) mass is 482 g/mol. The number of sulfonamides is 1. The van der Waals surface area contributed by atoms with Crippen LogP contribution in [0.15, 0.2) is 61.1 Å². The van der Waals surface area contributed by atoms with Gasteiger partial charge in [0.25, 0.3) is 0 Å². The molecule has 1 aliphatic rings. The average molecular weight is 483 g/mol. The molecule has 34 heavy (non-hydrogen) atoms. The Morgan fingerprint density at radius 2 is 1.76 bits per heavy atom. The third kappa shape index (κ3) is 3.97. The number of piperidine rings is 1. The lowest BCUT2D eigenvalue weighted by molar-refractivity contribution is 0.271. The first-order chi connectivity index (χ1) is 16.2. The number of rotatable bonds is 5. The van der Waals surface area contributed by atoms with Crippen molar-refractivity contribution < 1.29 is 17.4 Å². The van der Waals surface area contributed by atoms with Crippen molar-refractivity contribution in [1.82, 2.24) is 19.0 Å². The third-order valence-electron chi connectivity index (χ3n) is 6.29. The van der Waals surface area contributed by atoms with Crippen molar-refractivity contribution in [3.05, 3.63) is 64.5 Å². The van der Waals surface area contributed by atoms with E-state index in [2.05, 4.69) is 10.1 Å². The van der Waals surface area contributed by atoms with Gasteiger partial charge in [0.05, 0.1) is 10.4 Å². The molecule has 0 bridgehead atoms. The maximum absolute atomic E-state index is 12.9. The average Bonchev–Trinajstić information content (AvgIpc) is 3.43. The van der Waals surface area contributed by atoms with Crippen molar-refractivity contribution in [1.29, 1.82) is 0 Å². The summed E-state index contributed by atoms with van der Waals surface area (Å²) in [6.07, 6.45) is 1.19. The van der Waals surface area contributed by atoms with Crippen molar-refractivity contribution >= 4 is 21.1 Å². The van der Waals surface area contributed by atoms with Gasteiger partial charge >= 0.3 is 5.76 Å². The molecule has 0 saturated carbocycles. The van der Waals surface area contributed by atoms with Gasteiger partial charge in [0, 0.05) is 30.6 Å². The molecule has 2 aromatic carbocycles. The van der Waals surface area contributed by atoms with E-state index in [1.54, 1.807) is 34.9 Å². The summed E-state index contributed by atoms with van der Waals surface area (Å²) < 4.78 is 39.9. The summed E-state index contributed by atoms with van der Waals surface area (Å²) in [6.45, 7) is 6.55. The lowest BCUT2D eigenvalue weighted by Gasteiger charge is -2.29. The van der Waals surface area contributed by atoms with Gasteiger partial charge in [-0.3, -0.25) is 4.57 Å². The molecule has 1 saturated heterocycles. The second kappa shape index (κ2) is 8.52. The number of fused-ring (bicyclic) bond motifs is 1. The van der Waals surface area contributed by atoms with Gasteiger partial charge in [-0.25, -0.2) is 13.2 Å². The number of hydrogen-bond donors (Lipinski definition) is 0. The normalized spacial score (nSPS) is 16.0. The first-order valence-electron chi connectivity index (χ1n) is 11.3. The highest BCUT2D eigenvalue weighted by Crippen LogP contribution is 2.31. The van der Waals surface area contributed by atoms with Crippen molar-refractivity contribution in [2.75, 3.05) is 13.1 Å². The summed E-state index contributed by atoms with van der Waals surface area (Å²) in [4.78, 5) is 17.0. The van der Waals surface area contributed by atoms with E-state index >= 15 is 0 Å². The molecule has 0 atom stereocenters. The molecule has 5 rings (SSSR count). The molecule has 3 heterocycles. The van der Waals surface area contributed by atoms with E-state index in [0.717, 1.165) is 11.1 Å². The highest BCUT2D eigenvalue weighted by Gasteiger charge is 2.32. The molecule has 0 amide bonds. The fourth-order valence-electron chi connectivity index (χ4n) is 4.39. The summed E-state index contributed by atoms with van der Waals surface area (Å²) in [6, 6.07) is 12.3. The predicted octanol–water partition coefficient (Wildman–Crippen LogP) is 4.10. The maximum atomic E-state index is 12.9. The summed E-state index contributed by atoms with van der Waals surface area (Å²) in [5.41, 5.74) is 2.89. The van der Waals surface area contributed by atoms with Crippen LogP contribution in [-0.4, -0.2) is 40.5 Å². The second-order valence-electron chi connectivity index (χ2n) is 8.96. The molecule has 4 aromatic rings. The molecule has 0 unspecified atom stereocenters. The van der Waals surface area contributed by atoms with Crippen LogP contribution in [0.5, 0.6) is 0 Å². The van der Waals surface area contributed by atoms with Crippen LogP contribution in [0.2, 0.25) is 0 Å². The Morgan fingerprint density at radius 3 is 2.44 bits per heavy atom. The zero-order chi connectivity index (χ0) is 24.0. The minimum absolute atomic E-state index is 0.0166. The van der Waals surface area contributed by atoms with Gasteiger partial charge in [-0.1, -0.05) is 22.9 Å². The number of hydrogen-bond acceptors (Lipinski definition) is 7. The quantitative estimate of drug-likeness (QED) is 0.421. The molecule has 0 N–H and O–H groups in total. The molecule has 0 radical (unpaired) electrons. The topological polar surface area (TPSA) is 111 Å². The van der Waals surface area contributed by atoms with Gasteiger partial charge in [0.1, 0.15) is 0 Å². The number of aromatic nitrogens is 3. The van der Waals surface area contributed by atoms with E-state index in [-0.39, 0.29) is 12.0 Å². The van der Waals surface area contributed by atoms with E-state index in [1.165, 1.54) is 4.31 Å². The molecule has 1 fully saturated rings. The van der Waals surface area contributed by atoms with Gasteiger partial charge in [-0.2, -0.15) is 9.29 Å². The Kier molecular flexibility index (Phi) is 5.65. The van der Waals surface area contributed by atoms with E-state index in [0.29, 0.717) is 53.7 Å². The molecule has 9 nitrogen and oxygen atoms in total. The molecule has 1 aliphatic heterocycles. The molecule has 0 spiro atoms. The lowest BCUT2D eigenvalue weighted by atomic mass is 9.98. The van der Waals surface area contributed by atoms with Crippen LogP contribution in [0.3, 0.4) is 0 Å². The van der Waals surface area contributed by atoms with Crippen molar-refractivity contribution in [2.24, 2.45) is 0 Å². The minimum Gasteiger partial charge on any atom is -0.408 e. The Balaban J connectivity index is 1.31. The van der Waals surface area contributed by atoms with Crippen LogP contribution in [0, 0.1) is 6.92 Å². The number of oxazole rings is 1. The predicted molar refractivity (Wildman–Crippen MR) is 126 cm³/mol. The molecule has 0 aliphatic carbocycles. The van der Waals surface area contributed by atoms with E-state index in [9.17, 15) is 13.2 Å². The summed E-state index contributed by atoms with van der Waals surface area (Å²) in [5, 5.41) is 4.11. The van der Waals surface area contributed by atoms with Crippen molar-refractivity contribution in [2.45, 2.75) is 50.5 Å². The molecule has 178 valence electrons. The van der Waals surface area contributed by atoms with Gasteiger partial charge < -0.3 is 8.94 Å². The minimum atomic E-state index is -3.52. The maximum Gasteiger partial charge on any atom is 0.420 e. The van der Waals surface area contributed by atoms with Crippen LogP contribution in [-0.2, 0) is 10.0 Å². The highest BCUT2D eigenvalue weighted by molar-refractivity contribution is 7.89. The Morgan fingerprint density at radius 1 is 1.06 bits per heavy atom. The van der Waals surface area contributed by atoms with Gasteiger partial charge in [0.15, 0.2) is 5.58 Å². The molecular weight excluding hydrogens is 456 g/mol. The first-order valence-corrected chi connectivity index (χ1v) is 12.7. The Bertz CT molecular complexity index is 1490. The summed E-state index contributed by atoms with van der Waals surface area (Å²) in [7, 11) is -3.52. The van der Waals surface area contributed by atoms with Gasteiger partial charge in [-0.15, -0.1) is 0 Å². The van der Waals surface area contributed by atoms with Crippen molar-refractivity contribution in [3.8, 4) is 11.4 Å². The third-order valence-corrected chi connectivity index (χ3v) is 8.20. The summed E-state index contributed by atoms with van der Waals surface area (Å²) >= 11 is 0. The van der Waals surface area contributed by atoms with Crippen LogP contribution in [0.4, 0.5) is 0 Å². The van der Waals surface area contributed by atoms with E-state index in [1.807, 2.05) is 32.9 Å². The SMILES string of the molecule is Cc1ccc(S(=O)(=O)N2CCC(c3nc(-c4ccc5c(c4)oc(=O)n5C(C)C)no3)CC2)cc1. The molecule has 10 heteroatoms. The zero-order valence-corrected chi connectivity index (χ0v) is 20.1. The van der Waals surface area contributed by atoms with Crippen LogP contribution < -0.4 is 5.76 Å². The lowest BCUT2D eigenvalue weighted by Crippen LogP contribution is -2.37. The fourth-order valence-corrected chi connectivity index (χ4v) is 5.85. The number of benzene rings is 2. The highest BCUT2D eigenvalue weighted by atomic mass is 32.2. The Hall–Kier alpha value is -3.24. The molecular formula is C24H26N4O5S. The summed E-state index contributed by atoms with van der Waals surface area (Å²) in [5.74, 6) is 0.480. The van der Waals surface area contributed by atoms with Crippen LogP contribution in [0.1, 0.15) is 50.1 Å². The van der Waals surface area contributed by atoms with E-state index < -0.39 is 15.8 Å². The van der Waals surface area contributed by atoms with E-state index in [4.69, 9.17) is 8.94 Å². The van der Waals surface area contributed by atoms with Crippen LogP contribution in [0.25, 0.3) is 22.5 Å². The van der Waals surface area contributed by atoms with Gasteiger partial charge in [-0.05, 0) is 63.9 Å². The fraction of sp³-hybridized carbons (Fsp3) is 0.375. The zero-order valence-electron chi connectivity index (χ0n) is 19.3. The second-order valence-corrected chi connectivity index (χ2v) is 10.9. The van der Waals surface area contributed by atoms with Gasteiger partial charge in [0.2, 0.25) is 21.7 Å². The number of aryl methyl sites for hydroxylation is 1. The molecule has 2 aromatic heterocycles. The number of nitrogens with zero attached hydrogens (tertiary/aromatic N) is 4. The standard InChI is InChI=1S/C24H26N4O5S/c1-15(2)28-20-9-6-18(14-21(20)32-24(28)29)22-25-23(33-26-22)17-10-12-27(13-11-17)34(30,31)19-7-4-16(3)5-8-19/h4-9,14-15,17H,10-13H2,1-3H3.